The van der Waals surface area contributed by atoms with Crippen LogP contribution in [0.4, 0.5) is 5.82 Å². The largest absolute Gasteiger partial charge is 0.495 e. The van der Waals surface area contributed by atoms with Crippen LogP contribution in [0.25, 0.3) is 16.1 Å². The van der Waals surface area contributed by atoms with Crippen LogP contribution < -0.4 is 15.2 Å². The third-order valence-corrected chi connectivity index (χ3v) is 6.34. The van der Waals surface area contributed by atoms with E-state index in [0.29, 0.717) is 17.9 Å². The number of thiophene rings is 1. The number of pyridine rings is 1. The number of aromatic nitrogens is 4. The molecule has 0 N–H and O–H groups in total. The second-order valence-corrected chi connectivity index (χ2v) is 8.39. The minimum Gasteiger partial charge on any atom is -0.495 e. The molecule has 0 saturated heterocycles. The molecule has 30 heavy (non-hydrogen) atoms. The van der Waals surface area contributed by atoms with Crippen molar-refractivity contribution in [3.05, 3.63) is 68.7 Å². The van der Waals surface area contributed by atoms with E-state index in [2.05, 4.69) is 21.0 Å². The molecule has 1 aliphatic rings. The maximum absolute atomic E-state index is 12.4. The SMILES string of the molecule is COc1ccsc1-c1cnc2c(c1)CN(c1nn3c(=O)cc(C)nc3cc1C)CC2. The van der Waals surface area contributed by atoms with Crippen LogP contribution in [-0.4, -0.2) is 33.2 Å². The number of ether oxygens (including phenoxy) is 1. The molecule has 7 nitrogen and oxygen atoms in total. The first-order valence-electron chi connectivity index (χ1n) is 9.76. The highest BCUT2D eigenvalue weighted by Gasteiger charge is 2.22. The van der Waals surface area contributed by atoms with Gasteiger partial charge in [-0.2, -0.15) is 4.52 Å². The van der Waals surface area contributed by atoms with E-state index in [-0.39, 0.29) is 5.56 Å². The molecule has 0 bridgehead atoms. The average molecular weight is 420 g/mol. The van der Waals surface area contributed by atoms with Crippen molar-refractivity contribution in [2.75, 3.05) is 18.6 Å². The smallest absolute Gasteiger partial charge is 0.274 e. The van der Waals surface area contributed by atoms with Gasteiger partial charge in [0.15, 0.2) is 11.5 Å². The Bertz CT molecular complexity index is 1330. The Morgan fingerprint density at radius 1 is 1.20 bits per heavy atom. The van der Waals surface area contributed by atoms with E-state index in [4.69, 9.17) is 9.72 Å². The molecular weight excluding hydrogens is 398 g/mol. The second-order valence-electron chi connectivity index (χ2n) is 7.48. The molecule has 152 valence electrons. The first kappa shape index (κ1) is 18.7. The maximum atomic E-state index is 12.4. The van der Waals surface area contributed by atoms with E-state index in [1.54, 1.807) is 18.4 Å². The minimum atomic E-state index is -0.162. The quantitative estimate of drug-likeness (QED) is 0.507. The summed E-state index contributed by atoms with van der Waals surface area (Å²) in [6, 6.07) is 7.60. The van der Waals surface area contributed by atoms with Crippen LogP contribution in [0.15, 0.2) is 40.6 Å². The first-order chi connectivity index (χ1) is 14.5. The lowest BCUT2D eigenvalue weighted by Gasteiger charge is -2.30. The predicted octanol–water partition coefficient (Wildman–Crippen LogP) is 3.40. The summed E-state index contributed by atoms with van der Waals surface area (Å²) in [5, 5.41) is 6.66. The van der Waals surface area contributed by atoms with Crippen molar-refractivity contribution < 1.29 is 4.74 Å². The summed E-state index contributed by atoms with van der Waals surface area (Å²) in [6.45, 7) is 5.32. The van der Waals surface area contributed by atoms with Gasteiger partial charge in [0.05, 0.1) is 12.0 Å². The number of nitrogens with zero attached hydrogens (tertiary/aromatic N) is 5. The zero-order valence-corrected chi connectivity index (χ0v) is 17.9. The van der Waals surface area contributed by atoms with Gasteiger partial charge >= 0.3 is 0 Å². The van der Waals surface area contributed by atoms with Gasteiger partial charge < -0.3 is 9.64 Å². The Labute approximate surface area is 177 Å². The number of anilines is 1. The molecule has 0 aromatic carbocycles. The lowest BCUT2D eigenvalue weighted by Crippen LogP contribution is -2.33. The molecule has 0 spiro atoms. The van der Waals surface area contributed by atoms with Gasteiger partial charge in [0.2, 0.25) is 0 Å². The fourth-order valence-electron chi connectivity index (χ4n) is 3.95. The van der Waals surface area contributed by atoms with Crippen molar-refractivity contribution in [2.45, 2.75) is 26.8 Å². The normalized spacial score (nSPS) is 13.5. The molecule has 8 heteroatoms. The number of rotatable bonds is 3. The molecule has 0 saturated carbocycles. The lowest BCUT2D eigenvalue weighted by atomic mass is 10.0. The van der Waals surface area contributed by atoms with Gasteiger partial charge in [0.25, 0.3) is 5.56 Å². The van der Waals surface area contributed by atoms with Gasteiger partial charge in [0, 0.05) is 48.7 Å². The molecule has 4 aromatic rings. The van der Waals surface area contributed by atoms with Crippen LogP contribution in [0, 0.1) is 13.8 Å². The van der Waals surface area contributed by atoms with Crippen molar-refractivity contribution in [3.63, 3.8) is 0 Å². The molecule has 5 heterocycles. The van der Waals surface area contributed by atoms with Crippen molar-refractivity contribution in [1.29, 1.82) is 0 Å². The van der Waals surface area contributed by atoms with Crippen molar-refractivity contribution >= 4 is 22.8 Å². The lowest BCUT2D eigenvalue weighted by molar-refractivity contribution is 0.418. The summed E-state index contributed by atoms with van der Waals surface area (Å²) < 4.78 is 6.86. The van der Waals surface area contributed by atoms with Gasteiger partial charge in [-0.15, -0.1) is 16.4 Å². The van der Waals surface area contributed by atoms with E-state index in [0.717, 1.165) is 46.2 Å². The Morgan fingerprint density at radius 3 is 2.90 bits per heavy atom. The first-order valence-corrected chi connectivity index (χ1v) is 10.6. The number of hydrogen-bond acceptors (Lipinski definition) is 7. The Kier molecular flexibility index (Phi) is 4.51. The summed E-state index contributed by atoms with van der Waals surface area (Å²) >= 11 is 1.65. The molecule has 0 radical (unpaired) electrons. The van der Waals surface area contributed by atoms with E-state index >= 15 is 0 Å². The number of hydrogen-bond donors (Lipinski definition) is 0. The molecular formula is C22H21N5O2S. The zero-order chi connectivity index (χ0) is 20.8. The number of aryl methyl sites for hydroxylation is 2. The molecule has 4 aromatic heterocycles. The molecule has 0 amide bonds. The molecule has 0 aliphatic carbocycles. The van der Waals surface area contributed by atoms with Gasteiger partial charge in [-0.25, -0.2) is 4.98 Å². The van der Waals surface area contributed by atoms with Crippen molar-refractivity contribution in [1.82, 2.24) is 19.6 Å². The third kappa shape index (κ3) is 3.13. The van der Waals surface area contributed by atoms with Gasteiger partial charge in [-0.05, 0) is 48.6 Å². The van der Waals surface area contributed by atoms with Crippen LogP contribution in [0.3, 0.4) is 0 Å². The van der Waals surface area contributed by atoms with E-state index < -0.39 is 0 Å². The molecule has 5 rings (SSSR count). The average Bonchev–Trinajstić information content (AvgIpc) is 3.21. The highest BCUT2D eigenvalue weighted by molar-refractivity contribution is 7.14. The fraction of sp³-hybridized carbons (Fsp3) is 0.273. The third-order valence-electron chi connectivity index (χ3n) is 5.39. The topological polar surface area (TPSA) is 72.6 Å². The highest BCUT2D eigenvalue weighted by atomic mass is 32.1. The maximum Gasteiger partial charge on any atom is 0.274 e. The molecule has 0 unspecified atom stereocenters. The Morgan fingerprint density at radius 2 is 2.07 bits per heavy atom. The summed E-state index contributed by atoms with van der Waals surface area (Å²) in [6.07, 6.45) is 2.76. The standard InChI is InChI=1S/C22H21N5O2S/c1-13-8-19-24-14(2)9-20(28)27(19)25-22(13)26-6-4-17-16(12-26)10-15(11-23-17)21-18(29-3)5-7-30-21/h5,7-11H,4,6,12H2,1-3H3. The van der Waals surface area contributed by atoms with E-state index in [1.165, 1.54) is 16.1 Å². The highest BCUT2D eigenvalue weighted by Crippen LogP contribution is 2.36. The molecule has 0 atom stereocenters. The van der Waals surface area contributed by atoms with Gasteiger partial charge in [-0.1, -0.05) is 0 Å². The summed E-state index contributed by atoms with van der Waals surface area (Å²) in [5.41, 5.74) is 5.45. The Hall–Kier alpha value is -3.26. The minimum absolute atomic E-state index is 0.162. The monoisotopic (exact) mass is 419 g/mol. The molecule has 0 fully saturated rings. The number of methoxy groups -OCH3 is 1. The zero-order valence-electron chi connectivity index (χ0n) is 17.0. The fourth-order valence-corrected chi connectivity index (χ4v) is 4.79. The second kappa shape index (κ2) is 7.21. The van der Waals surface area contributed by atoms with Crippen molar-refractivity contribution in [2.24, 2.45) is 0 Å². The number of fused-ring (bicyclic) bond motifs is 2. The molecule has 1 aliphatic heterocycles. The van der Waals surface area contributed by atoms with Gasteiger partial charge in [0.1, 0.15) is 5.75 Å². The predicted molar refractivity (Wildman–Crippen MR) is 118 cm³/mol. The van der Waals surface area contributed by atoms with Crippen molar-refractivity contribution in [3.8, 4) is 16.2 Å². The van der Waals surface area contributed by atoms with Crippen LogP contribution in [0.1, 0.15) is 22.5 Å². The van der Waals surface area contributed by atoms with Crippen LogP contribution in [0.5, 0.6) is 5.75 Å². The summed E-state index contributed by atoms with van der Waals surface area (Å²) in [7, 11) is 1.69. The van der Waals surface area contributed by atoms with E-state index in [9.17, 15) is 4.79 Å². The van der Waals surface area contributed by atoms with Crippen LogP contribution in [-0.2, 0) is 13.0 Å². The van der Waals surface area contributed by atoms with E-state index in [1.807, 2.05) is 37.6 Å². The summed E-state index contributed by atoms with van der Waals surface area (Å²) in [4.78, 5) is 24.8. The van der Waals surface area contributed by atoms with Crippen LogP contribution in [0.2, 0.25) is 0 Å². The summed E-state index contributed by atoms with van der Waals surface area (Å²) in [5.74, 6) is 1.67. The Balaban J connectivity index is 1.53. The van der Waals surface area contributed by atoms with Gasteiger partial charge in [-0.3, -0.25) is 9.78 Å². The van der Waals surface area contributed by atoms with Crippen LogP contribution >= 0.6 is 11.3 Å².